The van der Waals surface area contributed by atoms with Gasteiger partial charge in [-0.05, 0) is 73.7 Å². The van der Waals surface area contributed by atoms with E-state index in [4.69, 9.17) is 0 Å². The molecule has 1 aromatic carbocycles. The van der Waals surface area contributed by atoms with Crippen LogP contribution in [0, 0.1) is 21.7 Å². The van der Waals surface area contributed by atoms with Crippen LogP contribution in [0.1, 0.15) is 206 Å². The van der Waals surface area contributed by atoms with Crippen LogP contribution in [-0.2, 0) is 12.5 Å². The molecule has 0 amide bonds. The molecule has 0 saturated heterocycles. The van der Waals surface area contributed by atoms with Crippen molar-refractivity contribution in [2.24, 2.45) is 28.7 Å². The second-order valence-corrected chi connectivity index (χ2v) is 20.1. The second kappa shape index (κ2) is 54.7. The number of nitrogens with zero attached hydrogens (tertiary/aromatic N) is 2. The Kier molecular flexibility index (Phi) is 70.1. The monoisotopic (exact) mass is 874 g/mol. The molecule has 1 N–H and O–H groups in total. The van der Waals surface area contributed by atoms with Crippen molar-refractivity contribution in [1.29, 1.82) is 0 Å². The average Bonchev–Trinajstić information content (AvgIpc) is 4.01. The highest BCUT2D eigenvalue weighted by Crippen LogP contribution is 2.20. The van der Waals surface area contributed by atoms with Crippen LogP contribution in [0.15, 0.2) is 125 Å². The lowest BCUT2D eigenvalue weighted by atomic mass is 9.87. The predicted molar refractivity (Wildman–Crippen MR) is 289 cm³/mol. The number of rotatable bonds is 0. The SMILES string of the molecule is CC.CC.CC.CC.CC.CC(C)(C)C.CC(C)(C)C.CC(C)(C)C.CC(C)(C)C.CC(C)(C)c1ccccc1.Cn1cccn1.c1cc[nH]c1.c1ccoc1.c1ccsc1. The number of H-pyrrole nitrogens is 1. The van der Waals surface area contributed by atoms with Crippen LogP contribution in [0.2, 0.25) is 0 Å². The van der Waals surface area contributed by atoms with Crippen LogP contribution in [0.4, 0.5) is 0 Å². The van der Waals surface area contributed by atoms with Crippen LogP contribution in [0.5, 0.6) is 0 Å². The van der Waals surface area contributed by atoms with Gasteiger partial charge in [0.15, 0.2) is 0 Å². The summed E-state index contributed by atoms with van der Waals surface area (Å²) in [4.78, 5) is 2.86. The quantitative estimate of drug-likeness (QED) is 0.168. The first-order valence-electron chi connectivity index (χ1n) is 23.0. The molecule has 4 heterocycles. The number of aromatic amines is 1. The summed E-state index contributed by atoms with van der Waals surface area (Å²) in [5, 5.41) is 7.92. The Morgan fingerprint density at radius 3 is 0.869 bits per heavy atom. The molecule has 61 heavy (non-hydrogen) atoms. The molecule has 5 rings (SSSR count). The third kappa shape index (κ3) is 159. The lowest BCUT2D eigenvalue weighted by Crippen LogP contribution is -2.10. The minimum atomic E-state index is 0.293. The van der Waals surface area contributed by atoms with E-state index in [0.29, 0.717) is 27.1 Å². The molecule has 0 aliphatic carbocycles. The maximum atomic E-state index is 4.58. The summed E-state index contributed by atoms with van der Waals surface area (Å²) in [7, 11) is 1.89. The number of aryl methyl sites for hydroxylation is 1. The van der Waals surface area contributed by atoms with Gasteiger partial charge in [0, 0.05) is 31.8 Å². The van der Waals surface area contributed by atoms with Gasteiger partial charge in [0.2, 0.25) is 0 Å². The van der Waals surface area contributed by atoms with Crippen LogP contribution in [0.3, 0.4) is 0 Å². The summed E-state index contributed by atoms with van der Waals surface area (Å²) >= 11 is 1.71. The predicted octanol–water partition coefficient (Wildman–Crippen LogP) is 20.8. The first-order valence-corrected chi connectivity index (χ1v) is 24.0. The number of hydrogen-bond acceptors (Lipinski definition) is 3. The van der Waals surface area contributed by atoms with Crippen molar-refractivity contribution >= 4 is 11.3 Å². The van der Waals surface area contributed by atoms with Crippen LogP contribution >= 0.6 is 11.3 Å². The molecule has 0 saturated carbocycles. The Labute approximate surface area is 390 Å². The van der Waals surface area contributed by atoms with Gasteiger partial charge in [-0.25, -0.2) is 0 Å². The Hall–Kier alpha value is -3.31. The topological polar surface area (TPSA) is 46.8 Å². The molecular formula is C56H111N3OS. The molecule has 362 valence electrons. The summed E-state index contributed by atoms with van der Waals surface area (Å²) in [5.74, 6) is 0. The molecule has 5 heteroatoms. The molecule has 0 atom stereocenters. The summed E-state index contributed by atoms with van der Waals surface area (Å²) in [6, 6.07) is 24.0. The molecule has 4 aromatic heterocycles. The zero-order chi connectivity index (χ0) is 50.6. The van der Waals surface area contributed by atoms with Gasteiger partial charge in [-0.3, -0.25) is 4.68 Å². The first-order chi connectivity index (χ1) is 28.0. The molecule has 0 aliphatic heterocycles. The zero-order valence-corrected chi connectivity index (χ0v) is 47.6. The van der Waals surface area contributed by atoms with Gasteiger partial charge in [-0.1, -0.05) is 243 Å². The fourth-order valence-electron chi connectivity index (χ4n) is 2.01. The minimum Gasteiger partial charge on any atom is -0.473 e. The van der Waals surface area contributed by atoms with Gasteiger partial charge in [0.1, 0.15) is 0 Å². The Morgan fingerprint density at radius 2 is 0.754 bits per heavy atom. The molecule has 5 aromatic rings. The van der Waals surface area contributed by atoms with E-state index in [-0.39, 0.29) is 0 Å². The number of nitrogens with one attached hydrogen (secondary N) is 1. The summed E-state index contributed by atoms with van der Waals surface area (Å²) < 4.78 is 6.33. The molecule has 0 radical (unpaired) electrons. The van der Waals surface area contributed by atoms with E-state index in [0.717, 1.165) is 0 Å². The third-order valence-electron chi connectivity index (χ3n) is 3.62. The van der Waals surface area contributed by atoms with E-state index >= 15 is 0 Å². The van der Waals surface area contributed by atoms with Crippen LogP contribution in [-0.4, -0.2) is 14.8 Å². The number of thiophene rings is 1. The number of furan rings is 1. The largest absolute Gasteiger partial charge is 0.473 e. The van der Waals surface area contributed by atoms with E-state index in [1.54, 1.807) is 34.7 Å². The summed E-state index contributed by atoms with van der Waals surface area (Å²) in [6.45, 7) is 61.7. The van der Waals surface area contributed by atoms with E-state index in [9.17, 15) is 0 Å². The molecule has 0 spiro atoms. The van der Waals surface area contributed by atoms with Gasteiger partial charge in [-0.15, -0.1) is 0 Å². The lowest BCUT2D eigenvalue weighted by molar-refractivity contribution is 0.469. The fourth-order valence-corrected chi connectivity index (χ4v) is 2.47. The second-order valence-electron chi connectivity index (χ2n) is 19.3. The van der Waals surface area contributed by atoms with Gasteiger partial charge < -0.3 is 9.40 Å². The van der Waals surface area contributed by atoms with Gasteiger partial charge in [-0.2, -0.15) is 16.4 Å². The molecule has 0 unspecified atom stereocenters. The maximum Gasteiger partial charge on any atom is 0.0902 e. The lowest BCUT2D eigenvalue weighted by Gasteiger charge is -2.18. The Balaban J connectivity index is -0.0000000701. The van der Waals surface area contributed by atoms with Crippen molar-refractivity contribution < 1.29 is 4.42 Å². The van der Waals surface area contributed by atoms with Gasteiger partial charge in [0.05, 0.1) is 12.5 Å². The van der Waals surface area contributed by atoms with Crippen molar-refractivity contribution in [3.8, 4) is 0 Å². The van der Waals surface area contributed by atoms with Crippen molar-refractivity contribution in [3.05, 3.63) is 126 Å². The fraction of sp³-hybridized carbons (Fsp3) is 0.625. The smallest absolute Gasteiger partial charge is 0.0902 e. The Bertz CT molecular complexity index is 1070. The van der Waals surface area contributed by atoms with Crippen LogP contribution in [0.25, 0.3) is 0 Å². The van der Waals surface area contributed by atoms with E-state index < -0.39 is 0 Å². The molecule has 0 bridgehead atoms. The van der Waals surface area contributed by atoms with Crippen molar-refractivity contribution in [2.45, 2.75) is 206 Å². The van der Waals surface area contributed by atoms with Gasteiger partial charge in [0.25, 0.3) is 0 Å². The van der Waals surface area contributed by atoms with Crippen molar-refractivity contribution in [3.63, 3.8) is 0 Å². The van der Waals surface area contributed by atoms with E-state index in [2.05, 4.69) is 176 Å². The molecular weight excluding hydrogens is 763 g/mol. The van der Waals surface area contributed by atoms with E-state index in [1.807, 2.05) is 148 Å². The summed E-state index contributed by atoms with van der Waals surface area (Å²) in [6.07, 6.45) is 10.6. The molecule has 0 fully saturated rings. The highest BCUT2D eigenvalue weighted by molar-refractivity contribution is 7.07. The first kappa shape index (κ1) is 78.2. The standard InChI is InChI=1S/C10H14.4C5H12.C4H6N2.C4H5N.C4H4O.C4H4S.5C2H6/c1-10(2,3)9-7-5-4-6-8-9;4*1-5(2,3)4;1-6-4-2-3-5-6;3*1-2-4-5-3-1;5*1-2/h4-8H,1-3H3;4*1-4H3;2-4H,1H3;1-5H;2*1-4H;5*1-2H3. The number of benzene rings is 1. The number of hydrogen-bond donors (Lipinski definition) is 1. The van der Waals surface area contributed by atoms with Gasteiger partial charge >= 0.3 is 0 Å². The maximum absolute atomic E-state index is 4.58. The van der Waals surface area contributed by atoms with Crippen molar-refractivity contribution in [1.82, 2.24) is 14.8 Å². The van der Waals surface area contributed by atoms with Crippen molar-refractivity contribution in [2.75, 3.05) is 0 Å². The summed E-state index contributed by atoms with van der Waals surface area (Å²) in [5.41, 5.74) is 3.69. The minimum absolute atomic E-state index is 0.293. The molecule has 0 aliphatic rings. The average molecular weight is 875 g/mol. The highest BCUT2D eigenvalue weighted by atomic mass is 32.1. The third-order valence-corrected chi connectivity index (χ3v) is 4.25. The molecule has 4 nitrogen and oxygen atoms in total. The Morgan fingerprint density at radius 1 is 0.443 bits per heavy atom. The number of aromatic nitrogens is 3. The van der Waals surface area contributed by atoms with E-state index in [1.165, 1.54) is 5.56 Å². The highest BCUT2D eigenvalue weighted by Gasteiger charge is 2.11. The zero-order valence-electron chi connectivity index (χ0n) is 46.8. The normalized spacial score (nSPS) is 9.15. The van der Waals surface area contributed by atoms with Crippen LogP contribution < -0.4 is 0 Å².